The number of anilines is 2. The number of nitrogens with zero attached hydrogens (tertiary/aromatic N) is 4. The molecule has 0 radical (unpaired) electrons. The fraction of sp³-hybridized carbons (Fsp3) is 0.333. The van der Waals surface area contributed by atoms with E-state index in [0.29, 0.717) is 35.6 Å². The molecule has 3 aromatic rings. The first-order chi connectivity index (χ1) is 17.5. The Morgan fingerprint density at radius 3 is 2.31 bits per heavy atom. The van der Waals surface area contributed by atoms with E-state index in [1.54, 1.807) is 11.0 Å². The van der Waals surface area contributed by atoms with E-state index in [4.69, 9.17) is 0 Å². The highest BCUT2D eigenvalue weighted by atomic mass is 19.1. The Labute approximate surface area is 213 Å². The summed E-state index contributed by atoms with van der Waals surface area (Å²) < 4.78 is 15.3. The van der Waals surface area contributed by atoms with Gasteiger partial charge in [0.2, 0.25) is 0 Å². The second kappa shape index (κ2) is 11.8. The first-order valence-electron chi connectivity index (χ1n) is 12.7. The second-order valence-electron chi connectivity index (χ2n) is 9.14. The zero-order valence-corrected chi connectivity index (χ0v) is 21.0. The number of carbonyl (C=O) groups is 1. The number of likely N-dealkylation sites (tertiary alicyclic amines) is 1. The molecule has 36 heavy (non-hydrogen) atoms. The maximum absolute atomic E-state index is 15.3. The number of rotatable bonds is 8. The molecule has 0 saturated carbocycles. The van der Waals surface area contributed by atoms with Gasteiger partial charge in [0, 0.05) is 38.8 Å². The number of halogens is 1. The van der Waals surface area contributed by atoms with Gasteiger partial charge in [-0.2, -0.15) is 5.26 Å². The minimum Gasteiger partial charge on any atom is -0.339 e. The lowest BCUT2D eigenvalue weighted by molar-refractivity contribution is 0.0773. The quantitative estimate of drug-likeness (QED) is 0.395. The van der Waals surface area contributed by atoms with Gasteiger partial charge in [-0.3, -0.25) is 9.69 Å². The van der Waals surface area contributed by atoms with E-state index in [-0.39, 0.29) is 11.9 Å². The molecule has 1 heterocycles. The molecule has 0 aromatic heterocycles. The monoisotopic (exact) mass is 484 g/mol. The van der Waals surface area contributed by atoms with Crippen molar-refractivity contribution in [1.29, 1.82) is 5.26 Å². The van der Waals surface area contributed by atoms with Crippen LogP contribution in [0.3, 0.4) is 0 Å². The maximum atomic E-state index is 15.3. The van der Waals surface area contributed by atoms with Gasteiger partial charge >= 0.3 is 0 Å². The normalized spacial score (nSPS) is 14.3. The number of hydrogen-bond donors (Lipinski definition) is 0. The Kier molecular flexibility index (Phi) is 8.35. The number of amides is 1. The zero-order chi connectivity index (χ0) is 25.5. The standard InChI is InChI=1S/C30H33FN4O/c1-3-34(4-2)30(36)26-12-8-9-13-28(26)35(29-20-24(21-32)14-15-27(29)31)25-16-18-33(19-17-25)22-23-10-6-5-7-11-23/h5-15,20,25H,3-4,16-19,22H2,1-2H3. The highest BCUT2D eigenvalue weighted by molar-refractivity contribution is 6.00. The van der Waals surface area contributed by atoms with Crippen LogP contribution in [0, 0.1) is 17.1 Å². The van der Waals surface area contributed by atoms with Crippen LogP contribution in [0.2, 0.25) is 0 Å². The van der Waals surface area contributed by atoms with Crippen molar-refractivity contribution in [3.8, 4) is 6.07 Å². The van der Waals surface area contributed by atoms with Crippen molar-refractivity contribution in [1.82, 2.24) is 9.80 Å². The third-order valence-corrected chi connectivity index (χ3v) is 6.95. The van der Waals surface area contributed by atoms with Gasteiger partial charge in [0.1, 0.15) is 5.82 Å². The number of para-hydroxylation sites is 1. The van der Waals surface area contributed by atoms with E-state index in [1.807, 2.05) is 49.1 Å². The van der Waals surface area contributed by atoms with Gasteiger partial charge < -0.3 is 9.80 Å². The summed E-state index contributed by atoms with van der Waals surface area (Å²) in [6.07, 6.45) is 1.63. The van der Waals surface area contributed by atoms with Gasteiger partial charge in [-0.05, 0) is 62.6 Å². The predicted octanol–water partition coefficient (Wildman–Crippen LogP) is 5.98. The fourth-order valence-electron chi connectivity index (χ4n) is 5.01. The Morgan fingerprint density at radius 1 is 0.972 bits per heavy atom. The molecule has 5 nitrogen and oxygen atoms in total. The number of carbonyl (C=O) groups excluding carboxylic acids is 1. The Balaban J connectivity index is 1.69. The molecule has 6 heteroatoms. The van der Waals surface area contributed by atoms with Gasteiger partial charge in [0.05, 0.1) is 28.6 Å². The Bertz CT molecular complexity index is 1210. The summed E-state index contributed by atoms with van der Waals surface area (Å²) in [5.74, 6) is -0.468. The van der Waals surface area contributed by atoms with Crippen molar-refractivity contribution >= 4 is 17.3 Å². The van der Waals surface area contributed by atoms with E-state index in [2.05, 4.69) is 35.2 Å². The van der Waals surface area contributed by atoms with Crippen LogP contribution >= 0.6 is 0 Å². The van der Waals surface area contributed by atoms with Gasteiger partial charge in [0.25, 0.3) is 5.91 Å². The summed E-state index contributed by atoms with van der Waals surface area (Å²) in [5.41, 5.74) is 3.25. The van der Waals surface area contributed by atoms with Gasteiger partial charge in [-0.25, -0.2) is 4.39 Å². The SMILES string of the molecule is CCN(CC)C(=O)c1ccccc1N(c1cc(C#N)ccc1F)C1CCN(Cc2ccccc2)CC1. The smallest absolute Gasteiger partial charge is 0.255 e. The van der Waals surface area contributed by atoms with Crippen molar-refractivity contribution in [2.45, 2.75) is 39.3 Å². The van der Waals surface area contributed by atoms with Crippen LogP contribution in [0.15, 0.2) is 72.8 Å². The lowest BCUT2D eigenvalue weighted by Crippen LogP contribution is -2.44. The zero-order valence-electron chi connectivity index (χ0n) is 21.0. The summed E-state index contributed by atoms with van der Waals surface area (Å²) in [4.78, 5) is 19.6. The van der Waals surface area contributed by atoms with Crippen LogP contribution in [-0.4, -0.2) is 47.9 Å². The molecule has 0 bridgehead atoms. The molecule has 0 aliphatic carbocycles. The molecule has 0 spiro atoms. The summed E-state index contributed by atoms with van der Waals surface area (Å²) >= 11 is 0. The first kappa shape index (κ1) is 25.4. The van der Waals surface area contributed by atoms with Crippen molar-refractivity contribution in [2.75, 3.05) is 31.1 Å². The van der Waals surface area contributed by atoms with E-state index in [9.17, 15) is 10.1 Å². The van der Waals surface area contributed by atoms with Gasteiger partial charge in [-0.15, -0.1) is 0 Å². The van der Waals surface area contributed by atoms with Crippen LogP contribution in [0.4, 0.5) is 15.8 Å². The fourth-order valence-corrected chi connectivity index (χ4v) is 5.01. The largest absolute Gasteiger partial charge is 0.339 e. The van der Waals surface area contributed by atoms with Gasteiger partial charge in [-0.1, -0.05) is 42.5 Å². The third-order valence-electron chi connectivity index (χ3n) is 6.95. The molecule has 1 fully saturated rings. The molecule has 0 N–H and O–H groups in total. The van der Waals surface area contributed by atoms with Crippen LogP contribution in [0.25, 0.3) is 0 Å². The lowest BCUT2D eigenvalue weighted by atomic mass is 9.98. The molecule has 1 aliphatic rings. The van der Waals surface area contributed by atoms with Crippen LogP contribution in [-0.2, 0) is 6.54 Å². The van der Waals surface area contributed by atoms with E-state index >= 15 is 4.39 Å². The van der Waals surface area contributed by atoms with Crippen molar-refractivity contribution in [3.63, 3.8) is 0 Å². The summed E-state index contributed by atoms with van der Waals surface area (Å²) in [6.45, 7) is 7.71. The van der Waals surface area contributed by atoms with E-state index in [0.717, 1.165) is 32.5 Å². The van der Waals surface area contributed by atoms with Crippen LogP contribution < -0.4 is 4.90 Å². The Hall–Kier alpha value is -3.69. The molecule has 4 rings (SSSR count). The van der Waals surface area contributed by atoms with Crippen molar-refractivity contribution < 1.29 is 9.18 Å². The van der Waals surface area contributed by atoms with Crippen molar-refractivity contribution in [3.05, 3.63) is 95.3 Å². The first-order valence-corrected chi connectivity index (χ1v) is 12.7. The van der Waals surface area contributed by atoms with Crippen LogP contribution in [0.5, 0.6) is 0 Å². The minimum atomic E-state index is -0.397. The Morgan fingerprint density at radius 2 is 1.64 bits per heavy atom. The second-order valence-corrected chi connectivity index (χ2v) is 9.14. The average molecular weight is 485 g/mol. The molecular weight excluding hydrogens is 451 g/mol. The average Bonchev–Trinajstić information content (AvgIpc) is 2.92. The maximum Gasteiger partial charge on any atom is 0.255 e. The molecule has 1 amide bonds. The highest BCUT2D eigenvalue weighted by Crippen LogP contribution is 2.37. The summed E-state index contributed by atoms with van der Waals surface area (Å²) in [6, 6.07) is 24.4. The molecule has 1 aliphatic heterocycles. The van der Waals surface area contributed by atoms with Crippen molar-refractivity contribution in [2.24, 2.45) is 0 Å². The van der Waals surface area contributed by atoms with Gasteiger partial charge in [0.15, 0.2) is 0 Å². The number of hydrogen-bond acceptors (Lipinski definition) is 4. The highest BCUT2D eigenvalue weighted by Gasteiger charge is 2.31. The third kappa shape index (κ3) is 5.58. The molecule has 0 unspecified atom stereocenters. The summed E-state index contributed by atoms with van der Waals surface area (Å²) in [5, 5.41) is 9.51. The number of benzene rings is 3. The summed E-state index contributed by atoms with van der Waals surface area (Å²) in [7, 11) is 0. The van der Waals surface area contributed by atoms with E-state index in [1.165, 1.54) is 17.7 Å². The molecular formula is C30H33FN4O. The lowest BCUT2D eigenvalue weighted by Gasteiger charge is -2.41. The topological polar surface area (TPSA) is 50.6 Å². The molecule has 1 saturated heterocycles. The molecule has 0 atom stereocenters. The predicted molar refractivity (Wildman–Crippen MR) is 142 cm³/mol. The minimum absolute atomic E-state index is 0.00822. The van der Waals surface area contributed by atoms with E-state index < -0.39 is 5.82 Å². The molecule has 186 valence electrons. The number of nitriles is 1. The number of piperidine rings is 1. The molecule has 3 aromatic carbocycles. The van der Waals surface area contributed by atoms with Crippen LogP contribution in [0.1, 0.15) is 48.2 Å².